The Morgan fingerprint density at radius 2 is 1.97 bits per heavy atom. The van der Waals surface area contributed by atoms with Gasteiger partial charge in [0.1, 0.15) is 12.4 Å². The van der Waals surface area contributed by atoms with Crippen molar-refractivity contribution in [2.24, 2.45) is 4.99 Å². The number of benzene rings is 1. The van der Waals surface area contributed by atoms with Gasteiger partial charge < -0.3 is 15.2 Å². The number of hydrogen-bond acceptors (Lipinski definition) is 4. The van der Waals surface area contributed by atoms with Gasteiger partial charge in [-0.15, -0.1) is 34.2 Å². The van der Waals surface area contributed by atoms with Crippen LogP contribution in [0, 0.1) is 0 Å². The molecule has 0 aliphatic carbocycles. The third-order valence-electron chi connectivity index (χ3n) is 6.49. The fourth-order valence-electron chi connectivity index (χ4n) is 4.73. The molecule has 8 heteroatoms. The van der Waals surface area contributed by atoms with Crippen LogP contribution < -0.4 is 10.6 Å². The number of aryl methyl sites for hydroxylation is 1. The number of rotatable bonds is 6. The molecule has 0 spiro atoms. The molecule has 0 radical (unpaired) electrons. The number of hydrogen-bond donors (Lipinski definition) is 2. The molecule has 2 unspecified atom stereocenters. The minimum absolute atomic E-state index is 0. The number of aliphatic imine (C=N–C) groups is 1. The van der Waals surface area contributed by atoms with E-state index in [9.17, 15) is 0 Å². The highest BCUT2D eigenvalue weighted by Gasteiger charge is 2.26. The molecule has 1 saturated heterocycles. The second kappa shape index (κ2) is 12.5. The molecule has 4 rings (SSSR count). The van der Waals surface area contributed by atoms with Gasteiger partial charge in [-0.05, 0) is 45.1 Å². The van der Waals surface area contributed by atoms with Crippen LogP contribution >= 0.6 is 24.0 Å². The van der Waals surface area contributed by atoms with Gasteiger partial charge in [0.2, 0.25) is 0 Å². The molecule has 2 N–H and O–H groups in total. The smallest absolute Gasteiger partial charge is 0.191 e. The molecule has 0 bridgehead atoms. The SMILES string of the molecule is CCNC(=NCc1nnc2n1CCCCC2)NC1CCN(Cc2ccccc2)C(C)C1.I. The lowest BCUT2D eigenvalue weighted by molar-refractivity contribution is 0.134. The summed E-state index contributed by atoms with van der Waals surface area (Å²) in [5, 5.41) is 15.9. The van der Waals surface area contributed by atoms with Crippen LogP contribution in [0.3, 0.4) is 0 Å². The summed E-state index contributed by atoms with van der Waals surface area (Å²) in [5.74, 6) is 3.00. The first-order valence-electron chi connectivity index (χ1n) is 12.0. The summed E-state index contributed by atoms with van der Waals surface area (Å²) in [6, 6.07) is 11.8. The van der Waals surface area contributed by atoms with Crippen LogP contribution in [-0.4, -0.2) is 50.8 Å². The fourth-order valence-corrected chi connectivity index (χ4v) is 4.73. The lowest BCUT2D eigenvalue weighted by atomic mass is 9.97. The Balaban J connectivity index is 0.00000289. The van der Waals surface area contributed by atoms with E-state index in [1.807, 2.05) is 0 Å². The Hall–Kier alpha value is -1.68. The van der Waals surface area contributed by atoms with Crippen molar-refractivity contribution in [2.75, 3.05) is 13.1 Å². The first-order valence-corrected chi connectivity index (χ1v) is 12.0. The number of nitrogens with one attached hydrogen (secondary N) is 2. The maximum atomic E-state index is 4.86. The molecule has 0 amide bonds. The van der Waals surface area contributed by atoms with Gasteiger partial charge in [0.05, 0.1) is 0 Å². The molecule has 2 aliphatic heterocycles. The second-order valence-corrected chi connectivity index (χ2v) is 8.86. The van der Waals surface area contributed by atoms with E-state index in [2.05, 4.69) is 74.5 Å². The van der Waals surface area contributed by atoms with Crippen LogP contribution in [-0.2, 0) is 26.1 Å². The second-order valence-electron chi connectivity index (χ2n) is 8.86. The lowest BCUT2D eigenvalue weighted by Crippen LogP contribution is -2.51. The monoisotopic (exact) mass is 551 g/mol. The number of nitrogens with zero attached hydrogens (tertiary/aromatic N) is 5. The third-order valence-corrected chi connectivity index (χ3v) is 6.49. The normalized spacial score (nSPS) is 21.9. The highest BCUT2D eigenvalue weighted by molar-refractivity contribution is 14.0. The van der Waals surface area contributed by atoms with Crippen molar-refractivity contribution in [3.05, 3.63) is 47.5 Å². The summed E-state index contributed by atoms with van der Waals surface area (Å²) in [4.78, 5) is 7.44. The standard InChI is InChI=1S/C24H37N7.HI/c1-3-25-24(26-17-23-29-28-22-12-8-5-9-14-31(22)23)27-21-13-15-30(19(2)16-21)18-20-10-6-4-7-11-20;/h4,6-7,10-11,19,21H,3,5,8-9,12-18H2,1-2H3,(H2,25,26,27);1H. The molecule has 1 fully saturated rings. The summed E-state index contributed by atoms with van der Waals surface area (Å²) < 4.78 is 2.28. The summed E-state index contributed by atoms with van der Waals surface area (Å²) in [5.41, 5.74) is 1.39. The van der Waals surface area contributed by atoms with E-state index in [1.54, 1.807) is 0 Å². The largest absolute Gasteiger partial charge is 0.357 e. The van der Waals surface area contributed by atoms with Gasteiger partial charge in [-0.2, -0.15) is 0 Å². The Morgan fingerprint density at radius 1 is 1.12 bits per heavy atom. The molecular weight excluding hydrogens is 513 g/mol. The van der Waals surface area contributed by atoms with Crippen molar-refractivity contribution >= 4 is 29.9 Å². The minimum atomic E-state index is 0. The topological polar surface area (TPSA) is 70.4 Å². The van der Waals surface area contributed by atoms with Gasteiger partial charge in [0, 0.05) is 44.7 Å². The molecule has 1 aromatic heterocycles. The van der Waals surface area contributed by atoms with Crippen LogP contribution in [0.15, 0.2) is 35.3 Å². The average molecular weight is 552 g/mol. The van der Waals surface area contributed by atoms with E-state index in [0.29, 0.717) is 18.6 Å². The van der Waals surface area contributed by atoms with E-state index >= 15 is 0 Å². The molecule has 3 heterocycles. The van der Waals surface area contributed by atoms with Crippen LogP contribution in [0.4, 0.5) is 0 Å². The van der Waals surface area contributed by atoms with E-state index in [0.717, 1.165) is 63.0 Å². The quantitative estimate of drug-likeness (QED) is 0.326. The molecule has 2 atom stereocenters. The Morgan fingerprint density at radius 3 is 2.75 bits per heavy atom. The third kappa shape index (κ3) is 6.66. The predicted molar refractivity (Wildman–Crippen MR) is 140 cm³/mol. The van der Waals surface area contributed by atoms with Crippen LogP contribution in [0.2, 0.25) is 0 Å². The van der Waals surface area contributed by atoms with Crippen LogP contribution in [0.25, 0.3) is 0 Å². The molecule has 32 heavy (non-hydrogen) atoms. The van der Waals surface area contributed by atoms with Crippen molar-refractivity contribution in [1.29, 1.82) is 0 Å². The first-order chi connectivity index (χ1) is 15.2. The average Bonchev–Trinajstić information content (AvgIpc) is 3.00. The maximum absolute atomic E-state index is 4.86. The highest BCUT2D eigenvalue weighted by Crippen LogP contribution is 2.20. The van der Waals surface area contributed by atoms with E-state index in [-0.39, 0.29) is 24.0 Å². The highest BCUT2D eigenvalue weighted by atomic mass is 127. The zero-order valence-electron chi connectivity index (χ0n) is 19.5. The number of piperidine rings is 1. The summed E-state index contributed by atoms with van der Waals surface area (Å²) in [6.07, 6.45) is 6.98. The van der Waals surface area contributed by atoms with Crippen molar-refractivity contribution in [2.45, 2.75) is 84.1 Å². The molecule has 1 aromatic carbocycles. The van der Waals surface area contributed by atoms with Crippen molar-refractivity contribution < 1.29 is 0 Å². The summed E-state index contributed by atoms with van der Waals surface area (Å²) >= 11 is 0. The van der Waals surface area contributed by atoms with Crippen LogP contribution in [0.1, 0.15) is 63.2 Å². The molecule has 2 aliphatic rings. The molecule has 0 saturated carbocycles. The Kier molecular flexibility index (Phi) is 9.77. The number of halogens is 1. The van der Waals surface area contributed by atoms with E-state index in [1.165, 1.54) is 24.8 Å². The van der Waals surface area contributed by atoms with Gasteiger partial charge >= 0.3 is 0 Å². The Bertz CT molecular complexity index is 851. The van der Waals surface area contributed by atoms with E-state index in [4.69, 9.17) is 4.99 Å². The van der Waals surface area contributed by atoms with Crippen LogP contribution in [0.5, 0.6) is 0 Å². The molecule has 2 aromatic rings. The summed E-state index contributed by atoms with van der Waals surface area (Å²) in [7, 11) is 0. The van der Waals surface area contributed by atoms with Gasteiger partial charge in [0.25, 0.3) is 0 Å². The molecule has 176 valence electrons. The predicted octanol–water partition coefficient (Wildman–Crippen LogP) is 3.73. The maximum Gasteiger partial charge on any atom is 0.191 e. The lowest BCUT2D eigenvalue weighted by Gasteiger charge is -2.38. The van der Waals surface area contributed by atoms with Gasteiger partial charge in [-0.1, -0.05) is 36.8 Å². The summed E-state index contributed by atoms with van der Waals surface area (Å²) in [6.45, 7) is 9.04. The Labute approximate surface area is 209 Å². The minimum Gasteiger partial charge on any atom is -0.357 e. The van der Waals surface area contributed by atoms with Gasteiger partial charge in [-0.3, -0.25) is 4.90 Å². The zero-order valence-corrected chi connectivity index (χ0v) is 21.8. The fraction of sp³-hybridized carbons (Fsp3) is 0.625. The number of guanidine groups is 1. The van der Waals surface area contributed by atoms with Gasteiger partial charge in [-0.25, -0.2) is 4.99 Å². The van der Waals surface area contributed by atoms with Crippen molar-refractivity contribution in [3.8, 4) is 0 Å². The molecule has 7 nitrogen and oxygen atoms in total. The van der Waals surface area contributed by atoms with Crippen molar-refractivity contribution in [3.63, 3.8) is 0 Å². The first kappa shape index (κ1) is 25.0. The van der Waals surface area contributed by atoms with Crippen molar-refractivity contribution in [1.82, 2.24) is 30.3 Å². The zero-order chi connectivity index (χ0) is 21.5. The number of fused-ring (bicyclic) bond motifs is 1. The van der Waals surface area contributed by atoms with E-state index < -0.39 is 0 Å². The molecular formula is C24H38IN7. The number of aromatic nitrogens is 3. The number of likely N-dealkylation sites (tertiary alicyclic amines) is 1. The van der Waals surface area contributed by atoms with Gasteiger partial charge in [0.15, 0.2) is 11.8 Å².